The maximum atomic E-state index is 14.9. The lowest BCUT2D eigenvalue weighted by Gasteiger charge is -2.17. The van der Waals surface area contributed by atoms with Gasteiger partial charge in [-0.05, 0) is 59.7 Å². The molecule has 2 heterocycles. The van der Waals surface area contributed by atoms with Crippen LogP contribution in [0.4, 0.5) is 4.39 Å². The van der Waals surface area contributed by atoms with Crippen molar-refractivity contribution in [3.8, 4) is 16.9 Å². The van der Waals surface area contributed by atoms with E-state index in [0.29, 0.717) is 28.1 Å². The molecule has 0 amide bonds. The third kappa shape index (κ3) is 2.80. The molecule has 0 unspecified atom stereocenters. The van der Waals surface area contributed by atoms with Crippen LogP contribution in [0.25, 0.3) is 32.1 Å². The molecule has 4 nitrogen and oxygen atoms in total. The number of benzene rings is 2. The van der Waals surface area contributed by atoms with Crippen LogP contribution in [0, 0.1) is 12.7 Å². The predicted octanol–water partition coefficient (Wildman–Crippen LogP) is 4.93. The van der Waals surface area contributed by atoms with Crippen LogP contribution in [-0.2, 0) is 0 Å². The van der Waals surface area contributed by atoms with Gasteiger partial charge >= 0.3 is 0 Å². The Balaban J connectivity index is 2.12. The topological polar surface area (TPSA) is 68.1 Å². The van der Waals surface area contributed by atoms with Gasteiger partial charge in [0.15, 0.2) is 0 Å². The maximum absolute atomic E-state index is 14.9. The van der Waals surface area contributed by atoms with Gasteiger partial charge in [0, 0.05) is 16.3 Å². The molecular weight excluding hydrogens is 375 g/mol. The van der Waals surface area contributed by atoms with Crippen molar-refractivity contribution in [2.24, 2.45) is 5.73 Å². The Morgan fingerprint density at radius 2 is 2.07 bits per heavy atom. The first-order valence-electron chi connectivity index (χ1n) is 9.07. The number of nitrogens with one attached hydrogen (secondary N) is 1. The van der Waals surface area contributed by atoms with E-state index in [0.717, 1.165) is 27.4 Å². The Kier molecular flexibility index (Phi) is 4.69. The molecule has 0 saturated heterocycles. The van der Waals surface area contributed by atoms with E-state index in [2.05, 4.69) is 4.98 Å². The molecule has 1 atom stereocenters. The van der Waals surface area contributed by atoms with E-state index in [9.17, 15) is 9.18 Å². The molecule has 2 aromatic carbocycles. The van der Waals surface area contributed by atoms with Crippen LogP contribution in [0.5, 0.6) is 5.75 Å². The Labute approximate surface area is 165 Å². The molecule has 4 rings (SSSR count). The van der Waals surface area contributed by atoms with Gasteiger partial charge in [-0.1, -0.05) is 19.1 Å². The number of pyridine rings is 1. The van der Waals surface area contributed by atoms with Gasteiger partial charge in [-0.3, -0.25) is 4.79 Å². The number of ether oxygens (including phenoxy) is 1. The minimum atomic E-state index is -0.294. The number of hydrogen-bond donors (Lipinski definition) is 2. The Hall–Kier alpha value is -2.70. The summed E-state index contributed by atoms with van der Waals surface area (Å²) in [6, 6.07) is 9.00. The molecule has 0 fully saturated rings. The summed E-state index contributed by atoms with van der Waals surface area (Å²) in [5.41, 5.74) is 9.29. The summed E-state index contributed by atoms with van der Waals surface area (Å²) in [5.74, 6) is 0.284. The van der Waals surface area contributed by atoms with Gasteiger partial charge in [-0.2, -0.15) is 0 Å². The second kappa shape index (κ2) is 7.04. The van der Waals surface area contributed by atoms with Crippen molar-refractivity contribution in [3.05, 3.63) is 63.0 Å². The van der Waals surface area contributed by atoms with Crippen molar-refractivity contribution in [3.63, 3.8) is 0 Å². The summed E-state index contributed by atoms with van der Waals surface area (Å²) in [6.07, 6.45) is 0. The van der Waals surface area contributed by atoms with Crippen LogP contribution in [0.15, 0.2) is 40.5 Å². The van der Waals surface area contributed by atoms with Crippen LogP contribution in [0.1, 0.15) is 24.0 Å². The SMILES string of the molecule is COc1cc(C)c2[nH]c(=O)c3sccc3c2c1-c1ccc([C@H](C)CN)c(F)c1. The summed E-state index contributed by atoms with van der Waals surface area (Å²) in [4.78, 5) is 15.5. The molecule has 144 valence electrons. The fourth-order valence-corrected chi connectivity index (χ4v) is 4.52. The molecule has 4 aromatic rings. The van der Waals surface area contributed by atoms with Gasteiger partial charge in [0.25, 0.3) is 5.56 Å². The quantitative estimate of drug-likeness (QED) is 0.514. The first-order valence-corrected chi connectivity index (χ1v) is 9.94. The van der Waals surface area contributed by atoms with Gasteiger partial charge in [0.2, 0.25) is 0 Å². The molecule has 0 bridgehead atoms. The molecule has 0 aliphatic rings. The van der Waals surface area contributed by atoms with Crippen LogP contribution in [0.2, 0.25) is 0 Å². The number of fused-ring (bicyclic) bond motifs is 3. The molecule has 0 saturated carbocycles. The Bertz CT molecular complexity index is 1260. The highest BCUT2D eigenvalue weighted by Gasteiger charge is 2.20. The highest BCUT2D eigenvalue weighted by molar-refractivity contribution is 7.17. The monoisotopic (exact) mass is 396 g/mol. The van der Waals surface area contributed by atoms with E-state index < -0.39 is 0 Å². The predicted molar refractivity (Wildman–Crippen MR) is 114 cm³/mol. The van der Waals surface area contributed by atoms with Crippen molar-refractivity contribution in [1.82, 2.24) is 4.98 Å². The molecular formula is C22H21FN2O2S. The minimum absolute atomic E-state index is 0.0642. The lowest BCUT2D eigenvalue weighted by atomic mass is 9.92. The zero-order valence-corrected chi connectivity index (χ0v) is 16.7. The number of methoxy groups -OCH3 is 1. The summed E-state index contributed by atoms with van der Waals surface area (Å²) in [6.45, 7) is 4.21. The van der Waals surface area contributed by atoms with E-state index >= 15 is 0 Å². The zero-order valence-electron chi connectivity index (χ0n) is 15.9. The summed E-state index contributed by atoms with van der Waals surface area (Å²) in [5, 5.41) is 3.61. The number of aromatic amines is 1. The molecule has 2 aromatic heterocycles. The van der Waals surface area contributed by atoms with Crippen molar-refractivity contribution in [2.75, 3.05) is 13.7 Å². The maximum Gasteiger partial charge on any atom is 0.266 e. The van der Waals surface area contributed by atoms with Crippen LogP contribution in [-0.4, -0.2) is 18.6 Å². The molecule has 0 radical (unpaired) electrons. The molecule has 0 aliphatic heterocycles. The lowest BCUT2D eigenvalue weighted by molar-refractivity contribution is 0.416. The van der Waals surface area contributed by atoms with Gasteiger partial charge in [0.05, 0.1) is 12.6 Å². The smallest absolute Gasteiger partial charge is 0.266 e. The number of halogens is 1. The number of rotatable bonds is 4. The van der Waals surface area contributed by atoms with Crippen molar-refractivity contribution < 1.29 is 9.13 Å². The van der Waals surface area contributed by atoms with Crippen LogP contribution < -0.4 is 16.0 Å². The third-order valence-electron chi connectivity index (χ3n) is 5.26. The fraction of sp³-hybridized carbons (Fsp3) is 0.227. The highest BCUT2D eigenvalue weighted by Crippen LogP contribution is 2.42. The number of aromatic nitrogens is 1. The summed E-state index contributed by atoms with van der Waals surface area (Å²) in [7, 11) is 1.60. The highest BCUT2D eigenvalue weighted by atomic mass is 32.1. The largest absolute Gasteiger partial charge is 0.496 e. The first kappa shape index (κ1) is 18.7. The summed E-state index contributed by atoms with van der Waals surface area (Å²) >= 11 is 1.39. The normalized spacial score (nSPS) is 12.6. The van der Waals surface area contributed by atoms with Gasteiger partial charge in [-0.15, -0.1) is 11.3 Å². The second-order valence-electron chi connectivity index (χ2n) is 7.01. The van der Waals surface area contributed by atoms with Gasteiger partial charge in [-0.25, -0.2) is 4.39 Å². The Morgan fingerprint density at radius 3 is 2.75 bits per heavy atom. The van der Waals surface area contributed by atoms with Crippen molar-refractivity contribution >= 4 is 32.3 Å². The van der Waals surface area contributed by atoms with E-state index in [1.165, 1.54) is 17.4 Å². The number of H-pyrrole nitrogens is 1. The number of thiophene rings is 1. The average molecular weight is 396 g/mol. The fourth-order valence-electron chi connectivity index (χ4n) is 3.73. The van der Waals surface area contributed by atoms with Gasteiger partial charge < -0.3 is 15.5 Å². The van der Waals surface area contributed by atoms with Crippen molar-refractivity contribution in [1.29, 1.82) is 0 Å². The van der Waals surface area contributed by atoms with Crippen LogP contribution in [0.3, 0.4) is 0 Å². The minimum Gasteiger partial charge on any atom is -0.496 e. The lowest BCUT2D eigenvalue weighted by Crippen LogP contribution is -2.10. The first-order chi connectivity index (χ1) is 13.5. The van der Waals surface area contributed by atoms with Crippen LogP contribution >= 0.6 is 11.3 Å². The number of aryl methyl sites for hydroxylation is 1. The second-order valence-corrected chi connectivity index (χ2v) is 7.93. The number of nitrogens with two attached hydrogens (primary N) is 1. The molecule has 0 aliphatic carbocycles. The molecule has 3 N–H and O–H groups in total. The van der Waals surface area contributed by atoms with E-state index in [-0.39, 0.29) is 17.3 Å². The molecule has 28 heavy (non-hydrogen) atoms. The average Bonchev–Trinajstić information content (AvgIpc) is 3.18. The summed E-state index contributed by atoms with van der Waals surface area (Å²) < 4.78 is 21.2. The van der Waals surface area contributed by atoms with E-state index in [1.54, 1.807) is 13.2 Å². The number of hydrogen-bond acceptors (Lipinski definition) is 4. The third-order valence-corrected chi connectivity index (χ3v) is 6.17. The molecule has 0 spiro atoms. The van der Waals surface area contributed by atoms with Gasteiger partial charge in [0.1, 0.15) is 16.3 Å². The Morgan fingerprint density at radius 1 is 1.29 bits per heavy atom. The standard InChI is InChI=1S/C22H21FN2O2S/c1-11-8-17(27-3)18(13-4-5-14(12(2)10-24)16(23)9-13)19-15-6-7-28-21(15)22(26)25-20(11)19/h4-9,12H,10,24H2,1-3H3,(H,25,26)/t12-/m1/s1. The zero-order chi connectivity index (χ0) is 20.0. The molecule has 6 heteroatoms. The van der Waals surface area contributed by atoms with E-state index in [4.69, 9.17) is 10.5 Å². The van der Waals surface area contributed by atoms with Crippen molar-refractivity contribution in [2.45, 2.75) is 19.8 Å². The van der Waals surface area contributed by atoms with E-state index in [1.807, 2.05) is 37.4 Å².